The first-order chi connectivity index (χ1) is 17.0. The highest BCUT2D eigenvalue weighted by molar-refractivity contribution is 7.92. The van der Waals surface area contributed by atoms with E-state index in [2.05, 4.69) is 5.32 Å². The summed E-state index contributed by atoms with van der Waals surface area (Å²) in [6.07, 6.45) is 1.44. The molecule has 11 heteroatoms. The first-order valence-corrected chi connectivity index (χ1v) is 14.3. The van der Waals surface area contributed by atoms with E-state index in [-0.39, 0.29) is 37.7 Å². The minimum absolute atomic E-state index is 0.0497. The molecule has 198 valence electrons. The highest BCUT2D eigenvalue weighted by Gasteiger charge is 2.26. The normalized spacial score (nSPS) is 12.1. The van der Waals surface area contributed by atoms with E-state index in [4.69, 9.17) is 27.9 Å². The van der Waals surface area contributed by atoms with Crippen molar-refractivity contribution in [3.05, 3.63) is 58.1 Å². The van der Waals surface area contributed by atoms with Gasteiger partial charge in [-0.05, 0) is 69.2 Å². The van der Waals surface area contributed by atoms with Gasteiger partial charge in [0.25, 0.3) is 0 Å². The van der Waals surface area contributed by atoms with Crippen LogP contribution in [0.2, 0.25) is 10.0 Å². The summed E-state index contributed by atoms with van der Waals surface area (Å²) in [5.41, 5.74) is 1.21. The fraction of sp³-hybridized carbons (Fsp3) is 0.440. The van der Waals surface area contributed by atoms with Crippen LogP contribution in [0.4, 0.5) is 5.69 Å². The van der Waals surface area contributed by atoms with Crippen LogP contribution in [-0.4, -0.2) is 57.1 Å². The molecule has 0 aliphatic carbocycles. The Morgan fingerprint density at radius 1 is 1.06 bits per heavy atom. The maximum absolute atomic E-state index is 13.2. The van der Waals surface area contributed by atoms with E-state index in [0.717, 1.165) is 11.8 Å². The van der Waals surface area contributed by atoms with Crippen molar-refractivity contribution in [2.45, 2.75) is 46.2 Å². The molecular weight excluding hydrogens is 525 g/mol. The monoisotopic (exact) mass is 557 g/mol. The minimum atomic E-state index is -3.58. The van der Waals surface area contributed by atoms with Crippen LogP contribution in [0.5, 0.6) is 5.75 Å². The number of anilines is 1. The van der Waals surface area contributed by atoms with Gasteiger partial charge in [-0.2, -0.15) is 0 Å². The number of hydrogen-bond acceptors (Lipinski definition) is 5. The van der Waals surface area contributed by atoms with E-state index in [1.165, 1.54) is 9.21 Å². The van der Waals surface area contributed by atoms with Gasteiger partial charge in [0.05, 0.1) is 28.6 Å². The van der Waals surface area contributed by atoms with E-state index in [9.17, 15) is 18.0 Å². The van der Waals surface area contributed by atoms with Gasteiger partial charge < -0.3 is 15.0 Å². The molecule has 0 aliphatic rings. The maximum Gasteiger partial charge on any atom is 0.242 e. The van der Waals surface area contributed by atoms with Gasteiger partial charge in [0.1, 0.15) is 11.8 Å². The van der Waals surface area contributed by atoms with E-state index in [1.54, 1.807) is 56.3 Å². The first-order valence-electron chi connectivity index (χ1n) is 11.7. The van der Waals surface area contributed by atoms with Gasteiger partial charge in [-0.3, -0.25) is 13.9 Å². The molecule has 2 rings (SSSR count). The standard InChI is InChI=1S/C25H33Cl2N3O5S/c1-5-28-25(32)18(3)29(17-19-9-14-22(26)23(27)16-19)24(31)8-7-15-30(36(4,33)34)20-10-12-21(13-11-20)35-6-2/h9-14,16,18H,5-8,15,17H2,1-4H3,(H,28,32)/t18-/m1/s1. The summed E-state index contributed by atoms with van der Waals surface area (Å²) in [4.78, 5) is 27.2. The second kappa shape index (κ2) is 13.7. The van der Waals surface area contributed by atoms with E-state index >= 15 is 0 Å². The summed E-state index contributed by atoms with van der Waals surface area (Å²) in [5, 5.41) is 3.49. The summed E-state index contributed by atoms with van der Waals surface area (Å²) in [6.45, 7) is 6.52. The number of hydrogen-bond donors (Lipinski definition) is 1. The van der Waals surface area contributed by atoms with E-state index < -0.39 is 16.1 Å². The number of ether oxygens (including phenoxy) is 1. The van der Waals surface area contributed by atoms with Crippen molar-refractivity contribution in [1.82, 2.24) is 10.2 Å². The first kappa shape index (κ1) is 29.7. The van der Waals surface area contributed by atoms with Crippen molar-refractivity contribution in [2.24, 2.45) is 0 Å². The predicted octanol–water partition coefficient (Wildman–Crippen LogP) is 4.49. The largest absolute Gasteiger partial charge is 0.494 e. The molecule has 8 nitrogen and oxygen atoms in total. The number of carbonyl (C=O) groups is 2. The predicted molar refractivity (Wildman–Crippen MR) is 144 cm³/mol. The summed E-state index contributed by atoms with van der Waals surface area (Å²) in [7, 11) is -3.58. The van der Waals surface area contributed by atoms with Gasteiger partial charge in [0.15, 0.2) is 0 Å². The highest BCUT2D eigenvalue weighted by Crippen LogP contribution is 2.25. The molecule has 0 saturated carbocycles. The van der Waals surface area contributed by atoms with Gasteiger partial charge in [-0.25, -0.2) is 8.42 Å². The quantitative estimate of drug-likeness (QED) is 0.391. The summed E-state index contributed by atoms with van der Waals surface area (Å²) in [6, 6.07) is 11.1. The number of benzene rings is 2. The Kier molecular flexibility index (Phi) is 11.3. The SMILES string of the molecule is CCNC(=O)[C@@H](C)N(Cc1ccc(Cl)c(Cl)c1)C(=O)CCCN(c1ccc(OCC)cc1)S(C)(=O)=O. The van der Waals surface area contributed by atoms with E-state index in [0.29, 0.717) is 34.6 Å². The molecule has 2 aromatic rings. The summed E-state index contributed by atoms with van der Waals surface area (Å²) >= 11 is 12.1. The number of rotatable bonds is 13. The Morgan fingerprint density at radius 3 is 2.28 bits per heavy atom. The number of amides is 2. The molecule has 0 heterocycles. The smallest absolute Gasteiger partial charge is 0.242 e. The Morgan fingerprint density at radius 2 is 1.72 bits per heavy atom. The number of nitrogens with one attached hydrogen (secondary N) is 1. The number of likely N-dealkylation sites (N-methyl/N-ethyl adjacent to an activating group) is 1. The second-order valence-corrected chi connectivity index (χ2v) is 10.9. The number of sulfonamides is 1. The zero-order valence-electron chi connectivity index (χ0n) is 21.0. The lowest BCUT2D eigenvalue weighted by molar-refractivity contribution is -0.140. The van der Waals surface area contributed by atoms with Crippen LogP contribution in [0.3, 0.4) is 0 Å². The van der Waals surface area contributed by atoms with Gasteiger partial charge in [-0.1, -0.05) is 29.3 Å². The van der Waals surface area contributed by atoms with Gasteiger partial charge in [-0.15, -0.1) is 0 Å². The van der Waals surface area contributed by atoms with Crippen molar-refractivity contribution < 1.29 is 22.7 Å². The minimum Gasteiger partial charge on any atom is -0.494 e. The number of halogens is 2. The topological polar surface area (TPSA) is 96.0 Å². The molecule has 0 bridgehead atoms. The highest BCUT2D eigenvalue weighted by atomic mass is 35.5. The Hall–Kier alpha value is -2.49. The fourth-order valence-electron chi connectivity index (χ4n) is 3.62. The van der Waals surface area contributed by atoms with E-state index in [1.807, 2.05) is 6.92 Å². The zero-order valence-corrected chi connectivity index (χ0v) is 23.3. The van der Waals surface area contributed by atoms with Crippen molar-refractivity contribution >= 4 is 50.7 Å². The van der Waals surface area contributed by atoms with Crippen LogP contribution in [0, 0.1) is 0 Å². The Labute approximate surface area is 223 Å². The van der Waals surface area contributed by atoms with Crippen LogP contribution in [0.15, 0.2) is 42.5 Å². The lowest BCUT2D eigenvalue weighted by Gasteiger charge is -2.29. The third-order valence-corrected chi connectivity index (χ3v) is 7.38. The molecule has 36 heavy (non-hydrogen) atoms. The molecule has 0 radical (unpaired) electrons. The van der Waals surface area contributed by atoms with Crippen molar-refractivity contribution in [3.63, 3.8) is 0 Å². The van der Waals surface area contributed by atoms with Crippen molar-refractivity contribution in [2.75, 3.05) is 30.3 Å². The molecule has 0 aliphatic heterocycles. The van der Waals surface area contributed by atoms with Crippen LogP contribution >= 0.6 is 23.2 Å². The molecular formula is C25H33Cl2N3O5S. The van der Waals surface area contributed by atoms with Crippen molar-refractivity contribution in [3.8, 4) is 5.75 Å². The summed E-state index contributed by atoms with van der Waals surface area (Å²) < 4.78 is 31.6. The number of carbonyl (C=O) groups excluding carboxylic acids is 2. The maximum atomic E-state index is 13.2. The van der Waals surface area contributed by atoms with Crippen LogP contribution in [0.1, 0.15) is 39.2 Å². The van der Waals surface area contributed by atoms with Gasteiger partial charge in [0, 0.05) is 26.1 Å². The molecule has 1 N–H and O–H groups in total. The molecule has 0 unspecified atom stereocenters. The molecule has 1 atom stereocenters. The molecule has 0 aromatic heterocycles. The third kappa shape index (κ3) is 8.57. The number of nitrogens with zero attached hydrogens (tertiary/aromatic N) is 2. The molecule has 0 spiro atoms. The average Bonchev–Trinajstić information content (AvgIpc) is 2.82. The zero-order chi connectivity index (χ0) is 26.9. The lowest BCUT2D eigenvalue weighted by atomic mass is 10.1. The second-order valence-electron chi connectivity index (χ2n) is 8.21. The van der Waals surface area contributed by atoms with Gasteiger partial charge >= 0.3 is 0 Å². The Balaban J connectivity index is 2.16. The van der Waals surface area contributed by atoms with Crippen LogP contribution in [-0.2, 0) is 26.2 Å². The molecule has 2 amide bonds. The lowest BCUT2D eigenvalue weighted by Crippen LogP contribution is -2.47. The van der Waals surface area contributed by atoms with Crippen molar-refractivity contribution in [1.29, 1.82) is 0 Å². The molecule has 0 saturated heterocycles. The molecule has 0 fully saturated rings. The third-order valence-electron chi connectivity index (χ3n) is 5.44. The van der Waals surface area contributed by atoms with Gasteiger partial charge in [0.2, 0.25) is 21.8 Å². The molecule has 2 aromatic carbocycles. The van der Waals surface area contributed by atoms with Crippen LogP contribution < -0.4 is 14.4 Å². The summed E-state index contributed by atoms with van der Waals surface area (Å²) in [5.74, 6) is 0.0835. The fourth-order valence-corrected chi connectivity index (χ4v) is 4.90. The Bertz CT molecular complexity index is 1140. The van der Waals surface area contributed by atoms with Crippen LogP contribution in [0.25, 0.3) is 0 Å². The average molecular weight is 559 g/mol.